The predicted molar refractivity (Wildman–Crippen MR) is 125 cm³/mol. The summed E-state index contributed by atoms with van der Waals surface area (Å²) in [6, 6.07) is 0. The van der Waals surface area contributed by atoms with Crippen LogP contribution in [-0.4, -0.2) is 115 Å². The Labute approximate surface area is 193 Å². The fraction of sp³-hybridized carbons (Fsp3) is 0.900. The van der Waals surface area contributed by atoms with Crippen LogP contribution in [0.25, 0.3) is 0 Å². The molecular weight excluding hydrogens is 438 g/mol. The number of rotatable bonds is 18. The van der Waals surface area contributed by atoms with Crippen molar-refractivity contribution < 1.29 is 23.2 Å². The first-order chi connectivity index (χ1) is 15.6. The standard InChI is InChI=1S/C18H35N5O6S.C2H6/c1-19-3-5-26-7-9-28-11-12-29-10-8-27-6-4-23-18(24)17(20-21-23)15-22-13-16(14-22)30(2)25;1-2/h16,19,21H,3-15H2,1-2H3;1-2H3. The lowest BCUT2D eigenvalue weighted by molar-refractivity contribution is -0.00240. The number of hydrogen-bond acceptors (Lipinski definition) is 9. The largest absolute Gasteiger partial charge is 0.378 e. The van der Waals surface area contributed by atoms with Crippen molar-refractivity contribution in [3.8, 4) is 0 Å². The molecule has 1 atom stereocenters. The van der Waals surface area contributed by atoms with Gasteiger partial charge in [0.1, 0.15) is 5.69 Å². The van der Waals surface area contributed by atoms with Crippen LogP contribution in [0.5, 0.6) is 0 Å². The van der Waals surface area contributed by atoms with Crippen LogP contribution < -0.4 is 10.9 Å². The molecule has 1 aromatic rings. The first kappa shape index (κ1) is 28.9. The van der Waals surface area contributed by atoms with Gasteiger partial charge in [-0.25, -0.2) is 9.90 Å². The van der Waals surface area contributed by atoms with Gasteiger partial charge in [0.05, 0.1) is 64.6 Å². The lowest BCUT2D eigenvalue weighted by Gasteiger charge is -2.37. The Bertz CT molecular complexity index is 665. The third-order valence-electron chi connectivity index (χ3n) is 4.64. The van der Waals surface area contributed by atoms with E-state index in [0.717, 1.165) is 19.6 Å². The van der Waals surface area contributed by atoms with E-state index in [1.54, 1.807) is 6.26 Å². The first-order valence-electron chi connectivity index (χ1n) is 11.3. The molecule has 2 heterocycles. The second kappa shape index (κ2) is 18.3. The molecule has 1 saturated heterocycles. The number of nitrogens with zero attached hydrogens (tertiary/aromatic N) is 3. The molecule has 0 saturated carbocycles. The Morgan fingerprint density at radius 3 is 2.06 bits per heavy atom. The van der Waals surface area contributed by atoms with Crippen molar-refractivity contribution in [3.05, 3.63) is 16.0 Å². The normalized spacial score (nSPS) is 15.2. The van der Waals surface area contributed by atoms with Gasteiger partial charge in [-0.1, -0.05) is 13.8 Å². The van der Waals surface area contributed by atoms with Crippen LogP contribution in [0.3, 0.4) is 0 Å². The maximum absolute atomic E-state index is 12.3. The summed E-state index contributed by atoms with van der Waals surface area (Å²) in [5.74, 6) is 0. The van der Waals surface area contributed by atoms with E-state index in [1.165, 1.54) is 4.68 Å². The van der Waals surface area contributed by atoms with E-state index in [1.807, 2.05) is 20.9 Å². The van der Waals surface area contributed by atoms with E-state index in [-0.39, 0.29) is 10.8 Å². The Balaban J connectivity index is 0.00000249. The summed E-state index contributed by atoms with van der Waals surface area (Å²) in [7, 11) is 1.08. The Hall–Kier alpha value is -1.15. The molecule has 12 heteroatoms. The van der Waals surface area contributed by atoms with Crippen molar-refractivity contribution in [2.24, 2.45) is 0 Å². The molecule has 188 valence electrons. The van der Waals surface area contributed by atoms with Crippen molar-refractivity contribution in [1.29, 1.82) is 0 Å². The number of hydrogen-bond donors (Lipinski definition) is 2. The molecule has 11 nitrogen and oxygen atoms in total. The van der Waals surface area contributed by atoms with Gasteiger partial charge in [0.25, 0.3) is 5.56 Å². The van der Waals surface area contributed by atoms with Crippen molar-refractivity contribution >= 4 is 10.8 Å². The highest BCUT2D eigenvalue weighted by Gasteiger charge is 2.30. The van der Waals surface area contributed by atoms with Crippen LogP contribution in [0, 0.1) is 0 Å². The molecule has 1 fully saturated rings. The van der Waals surface area contributed by atoms with Gasteiger partial charge >= 0.3 is 0 Å². The zero-order valence-corrected chi connectivity index (χ0v) is 20.8. The predicted octanol–water partition coefficient (Wildman–Crippen LogP) is -0.554. The molecule has 32 heavy (non-hydrogen) atoms. The minimum atomic E-state index is -0.809. The summed E-state index contributed by atoms with van der Waals surface area (Å²) >= 11 is 0. The average Bonchev–Trinajstić information content (AvgIpc) is 3.11. The minimum Gasteiger partial charge on any atom is -0.378 e. The highest BCUT2D eigenvalue weighted by atomic mass is 32.2. The van der Waals surface area contributed by atoms with Crippen LogP contribution in [0.4, 0.5) is 0 Å². The number of likely N-dealkylation sites (N-methyl/N-ethyl adjacent to an activating group) is 1. The van der Waals surface area contributed by atoms with Gasteiger partial charge in [0.15, 0.2) is 0 Å². The maximum Gasteiger partial charge on any atom is 0.291 e. The third-order valence-corrected chi connectivity index (χ3v) is 5.87. The molecule has 1 aliphatic heterocycles. The topological polar surface area (TPSA) is 120 Å². The van der Waals surface area contributed by atoms with E-state index >= 15 is 0 Å². The van der Waals surface area contributed by atoms with Gasteiger partial charge in [-0.3, -0.25) is 13.9 Å². The van der Waals surface area contributed by atoms with Gasteiger partial charge < -0.3 is 24.3 Å². The molecule has 0 radical (unpaired) electrons. The number of H-pyrrole nitrogens is 1. The molecule has 0 bridgehead atoms. The highest BCUT2D eigenvalue weighted by Crippen LogP contribution is 2.14. The van der Waals surface area contributed by atoms with Gasteiger partial charge in [-0.2, -0.15) is 5.10 Å². The van der Waals surface area contributed by atoms with Crippen molar-refractivity contribution in [2.45, 2.75) is 32.2 Å². The number of aromatic amines is 1. The van der Waals surface area contributed by atoms with E-state index in [4.69, 9.17) is 18.9 Å². The fourth-order valence-electron chi connectivity index (χ4n) is 2.79. The smallest absolute Gasteiger partial charge is 0.291 e. The zero-order chi connectivity index (χ0) is 23.6. The number of aromatic nitrogens is 3. The van der Waals surface area contributed by atoms with Gasteiger partial charge in [-0.05, 0) is 7.05 Å². The molecule has 0 spiro atoms. The Morgan fingerprint density at radius 1 is 1.00 bits per heavy atom. The molecule has 1 unspecified atom stereocenters. The summed E-state index contributed by atoms with van der Waals surface area (Å²) in [4.78, 5) is 14.4. The molecule has 1 aromatic heterocycles. The van der Waals surface area contributed by atoms with Crippen molar-refractivity contribution in [2.75, 3.05) is 85.8 Å². The van der Waals surface area contributed by atoms with Crippen LogP contribution in [0.1, 0.15) is 19.5 Å². The van der Waals surface area contributed by atoms with Gasteiger partial charge in [0.2, 0.25) is 0 Å². The first-order valence-corrected chi connectivity index (χ1v) is 12.9. The van der Waals surface area contributed by atoms with Crippen LogP contribution in [0.15, 0.2) is 4.79 Å². The van der Waals surface area contributed by atoms with Crippen molar-refractivity contribution in [1.82, 2.24) is 25.2 Å². The number of nitrogens with one attached hydrogen (secondary N) is 2. The van der Waals surface area contributed by atoms with E-state index in [0.29, 0.717) is 71.6 Å². The number of ether oxygens (including phenoxy) is 4. The van der Waals surface area contributed by atoms with Crippen molar-refractivity contribution in [3.63, 3.8) is 0 Å². The SMILES string of the molecule is CC.CNCCOCCOCCOCCOCCn1[nH]nc(CN2CC(S(C)=O)C2)c1=O. The lowest BCUT2D eigenvalue weighted by Crippen LogP contribution is -2.52. The Kier molecular flexibility index (Phi) is 16.5. The summed E-state index contributed by atoms with van der Waals surface area (Å²) in [5, 5.41) is 10.0. The van der Waals surface area contributed by atoms with Crippen LogP contribution >= 0.6 is 0 Å². The summed E-state index contributed by atoms with van der Waals surface area (Å²) < 4.78 is 34.5. The molecule has 2 rings (SSSR count). The van der Waals surface area contributed by atoms with Gasteiger partial charge in [-0.15, -0.1) is 0 Å². The molecule has 1 aliphatic rings. The molecule has 0 aliphatic carbocycles. The summed E-state index contributed by atoms with van der Waals surface area (Å²) in [6.07, 6.45) is 1.71. The third kappa shape index (κ3) is 11.6. The van der Waals surface area contributed by atoms with Crippen LogP contribution in [-0.2, 0) is 42.8 Å². The zero-order valence-electron chi connectivity index (χ0n) is 20.0. The molecule has 0 amide bonds. The average molecular weight is 480 g/mol. The quantitative estimate of drug-likeness (QED) is 0.267. The number of likely N-dealkylation sites (tertiary alicyclic amines) is 1. The highest BCUT2D eigenvalue weighted by molar-refractivity contribution is 7.85. The molecule has 2 N–H and O–H groups in total. The van der Waals surface area contributed by atoms with E-state index in [2.05, 4.69) is 20.5 Å². The maximum atomic E-state index is 12.3. The fourth-order valence-corrected chi connectivity index (χ4v) is 3.63. The monoisotopic (exact) mass is 479 g/mol. The second-order valence-corrected chi connectivity index (χ2v) is 8.65. The second-order valence-electron chi connectivity index (χ2n) is 6.98. The molecule has 0 aromatic carbocycles. The van der Waals surface area contributed by atoms with E-state index < -0.39 is 10.8 Å². The minimum absolute atomic E-state index is 0.136. The summed E-state index contributed by atoms with van der Waals surface area (Å²) in [6.45, 7) is 11.4. The Morgan fingerprint density at radius 2 is 1.53 bits per heavy atom. The van der Waals surface area contributed by atoms with Gasteiger partial charge in [0, 0.05) is 43.2 Å². The van der Waals surface area contributed by atoms with E-state index in [9.17, 15) is 9.00 Å². The molecular formula is C20H41N5O6S. The lowest BCUT2D eigenvalue weighted by atomic mass is 10.2. The van der Waals surface area contributed by atoms with Crippen LogP contribution in [0.2, 0.25) is 0 Å². The summed E-state index contributed by atoms with van der Waals surface area (Å²) in [5.41, 5.74) is 0.342.